The summed E-state index contributed by atoms with van der Waals surface area (Å²) in [5.74, 6) is -1.77. The summed E-state index contributed by atoms with van der Waals surface area (Å²) >= 11 is 9.09. The summed E-state index contributed by atoms with van der Waals surface area (Å²) in [5, 5.41) is 2.51. The van der Waals surface area contributed by atoms with Crippen LogP contribution in [-0.2, 0) is 19.7 Å². The molecule has 0 spiro atoms. The molecule has 1 aliphatic rings. The smallest absolute Gasteiger partial charge is 0.339 e. The Kier molecular flexibility index (Phi) is 7.16. The molecule has 0 saturated carbocycles. The van der Waals surface area contributed by atoms with Crippen LogP contribution in [0.5, 0.6) is 11.5 Å². The molecule has 12 heteroatoms. The van der Waals surface area contributed by atoms with Gasteiger partial charge in [0.25, 0.3) is 11.8 Å². The number of nitrogens with zero attached hydrogens (tertiary/aromatic N) is 1. The van der Waals surface area contributed by atoms with Crippen LogP contribution in [0.25, 0.3) is 6.08 Å². The molecule has 0 aromatic heterocycles. The molecule has 36 heavy (non-hydrogen) atoms. The number of amides is 4. The summed E-state index contributed by atoms with van der Waals surface area (Å²) in [5.41, 5.74) is 0.293. The van der Waals surface area contributed by atoms with Crippen LogP contribution in [0, 0.1) is 0 Å². The number of imide groups is 2. The van der Waals surface area contributed by atoms with Gasteiger partial charge in [0.05, 0.1) is 12.8 Å². The topological polar surface area (TPSA) is 119 Å². The number of rotatable bonds is 6. The van der Waals surface area contributed by atoms with E-state index in [9.17, 15) is 22.8 Å². The van der Waals surface area contributed by atoms with Crippen LogP contribution in [0.4, 0.5) is 10.5 Å². The van der Waals surface area contributed by atoms with Crippen molar-refractivity contribution in [1.29, 1.82) is 0 Å². The van der Waals surface area contributed by atoms with Crippen LogP contribution in [0.3, 0.4) is 0 Å². The first kappa shape index (κ1) is 25.4. The van der Waals surface area contributed by atoms with Gasteiger partial charge in [-0.15, -0.1) is 0 Å². The van der Waals surface area contributed by atoms with Gasteiger partial charge < -0.3 is 8.92 Å². The third-order valence-electron chi connectivity index (χ3n) is 4.99. The van der Waals surface area contributed by atoms with E-state index in [1.165, 1.54) is 55.7 Å². The second-order valence-electron chi connectivity index (χ2n) is 7.34. The van der Waals surface area contributed by atoms with Crippen molar-refractivity contribution in [3.8, 4) is 11.5 Å². The standard InChI is InChI=1S/C24H16BrClN2O7S/c1-34-21-13-14(2-11-20(21)35-36(32,33)18-9-5-16(26)6-10-18)12-19-22(29)27-24(31)28(23(19)30)17-7-3-15(25)4-8-17/h2-13H,1H3,(H,27,29,31)/b19-12+. The maximum atomic E-state index is 13.0. The third-order valence-corrected chi connectivity index (χ3v) is 7.02. The Morgan fingerprint density at radius 1 is 0.944 bits per heavy atom. The highest BCUT2D eigenvalue weighted by Gasteiger charge is 2.36. The molecule has 0 unspecified atom stereocenters. The van der Waals surface area contributed by atoms with E-state index in [1.54, 1.807) is 24.3 Å². The zero-order valence-corrected chi connectivity index (χ0v) is 21.6. The highest BCUT2D eigenvalue weighted by molar-refractivity contribution is 9.10. The average molecular weight is 592 g/mol. The van der Waals surface area contributed by atoms with Gasteiger partial charge in [0.1, 0.15) is 10.5 Å². The van der Waals surface area contributed by atoms with Gasteiger partial charge in [0, 0.05) is 9.50 Å². The van der Waals surface area contributed by atoms with Crippen molar-refractivity contribution in [2.75, 3.05) is 12.0 Å². The molecule has 9 nitrogen and oxygen atoms in total. The van der Waals surface area contributed by atoms with Crippen molar-refractivity contribution in [3.63, 3.8) is 0 Å². The quantitative estimate of drug-likeness (QED) is 0.254. The fourth-order valence-electron chi connectivity index (χ4n) is 3.26. The molecule has 1 heterocycles. The van der Waals surface area contributed by atoms with Crippen molar-refractivity contribution in [2.45, 2.75) is 4.90 Å². The largest absolute Gasteiger partial charge is 0.493 e. The van der Waals surface area contributed by atoms with E-state index in [4.69, 9.17) is 20.5 Å². The average Bonchev–Trinajstić information content (AvgIpc) is 2.83. The lowest BCUT2D eigenvalue weighted by molar-refractivity contribution is -0.122. The lowest BCUT2D eigenvalue weighted by atomic mass is 10.1. The molecule has 1 aliphatic heterocycles. The number of urea groups is 1. The minimum absolute atomic E-state index is 0.0337. The Morgan fingerprint density at radius 2 is 1.61 bits per heavy atom. The maximum Gasteiger partial charge on any atom is 0.339 e. The number of hydrogen-bond donors (Lipinski definition) is 1. The first-order valence-electron chi connectivity index (χ1n) is 10.1. The molecule has 1 saturated heterocycles. The van der Waals surface area contributed by atoms with Crippen LogP contribution in [0.15, 0.2) is 81.7 Å². The van der Waals surface area contributed by atoms with Gasteiger partial charge in [-0.1, -0.05) is 33.6 Å². The lowest BCUT2D eigenvalue weighted by Gasteiger charge is -2.26. The molecule has 0 atom stereocenters. The third kappa shape index (κ3) is 5.27. The summed E-state index contributed by atoms with van der Waals surface area (Å²) in [6, 6.07) is 15.1. The molecule has 3 aromatic rings. The first-order chi connectivity index (χ1) is 17.1. The number of benzene rings is 3. The zero-order chi connectivity index (χ0) is 26.0. The number of carbonyl (C=O) groups is 3. The van der Waals surface area contributed by atoms with Gasteiger partial charge in [-0.2, -0.15) is 8.42 Å². The van der Waals surface area contributed by atoms with Crippen LogP contribution in [-0.4, -0.2) is 33.4 Å². The van der Waals surface area contributed by atoms with Gasteiger partial charge in [-0.05, 0) is 72.3 Å². The van der Waals surface area contributed by atoms with Crippen molar-refractivity contribution >= 4 is 67.3 Å². The van der Waals surface area contributed by atoms with Crippen molar-refractivity contribution in [2.24, 2.45) is 0 Å². The SMILES string of the molecule is COc1cc(/C=C2\C(=O)NC(=O)N(c3ccc(Br)cc3)C2=O)ccc1OS(=O)(=O)c1ccc(Cl)cc1. The van der Waals surface area contributed by atoms with E-state index in [0.29, 0.717) is 10.6 Å². The van der Waals surface area contributed by atoms with Gasteiger partial charge in [-0.3, -0.25) is 14.9 Å². The van der Waals surface area contributed by atoms with Crippen molar-refractivity contribution in [3.05, 3.63) is 87.4 Å². The highest BCUT2D eigenvalue weighted by Crippen LogP contribution is 2.32. The molecule has 0 bridgehead atoms. The van der Waals surface area contributed by atoms with E-state index in [-0.39, 0.29) is 27.7 Å². The zero-order valence-electron chi connectivity index (χ0n) is 18.4. The predicted molar refractivity (Wildman–Crippen MR) is 135 cm³/mol. The molecule has 1 N–H and O–H groups in total. The molecule has 0 aliphatic carbocycles. The Labute approximate surface area is 219 Å². The minimum Gasteiger partial charge on any atom is -0.493 e. The molecule has 1 fully saturated rings. The van der Waals surface area contributed by atoms with Crippen LogP contribution < -0.4 is 19.1 Å². The number of carbonyl (C=O) groups excluding carboxylic acids is 3. The molecule has 184 valence electrons. The van der Waals surface area contributed by atoms with Gasteiger partial charge in [0.2, 0.25) is 0 Å². The summed E-state index contributed by atoms with van der Waals surface area (Å²) in [7, 11) is -2.88. The molecule has 4 amide bonds. The number of halogens is 2. The Morgan fingerprint density at radius 3 is 2.25 bits per heavy atom. The molecule has 0 radical (unpaired) electrons. The van der Waals surface area contributed by atoms with Gasteiger partial charge >= 0.3 is 16.1 Å². The number of ether oxygens (including phenoxy) is 1. The second kappa shape index (κ2) is 10.1. The molecular weight excluding hydrogens is 576 g/mol. The normalized spacial score (nSPS) is 15.1. The number of barbiturate groups is 1. The van der Waals surface area contributed by atoms with E-state index in [1.807, 2.05) is 0 Å². The number of methoxy groups -OCH3 is 1. The molecule has 3 aromatic carbocycles. The first-order valence-corrected chi connectivity index (χ1v) is 12.7. The Balaban J connectivity index is 1.64. The van der Waals surface area contributed by atoms with Crippen molar-refractivity contribution in [1.82, 2.24) is 5.32 Å². The van der Waals surface area contributed by atoms with Crippen LogP contribution in [0.1, 0.15) is 5.56 Å². The number of anilines is 1. The van der Waals surface area contributed by atoms with E-state index >= 15 is 0 Å². The van der Waals surface area contributed by atoms with Gasteiger partial charge in [-0.25, -0.2) is 9.69 Å². The molecule has 4 rings (SSSR count). The Bertz CT molecular complexity index is 1500. The monoisotopic (exact) mass is 590 g/mol. The fourth-order valence-corrected chi connectivity index (χ4v) is 4.59. The maximum absolute atomic E-state index is 13.0. The fraction of sp³-hybridized carbons (Fsp3) is 0.0417. The van der Waals surface area contributed by atoms with Crippen LogP contribution >= 0.6 is 27.5 Å². The van der Waals surface area contributed by atoms with Gasteiger partial charge in [0.15, 0.2) is 11.5 Å². The second-order valence-corrected chi connectivity index (χ2v) is 10.2. The summed E-state index contributed by atoms with van der Waals surface area (Å²) in [6.45, 7) is 0. The summed E-state index contributed by atoms with van der Waals surface area (Å²) < 4.78 is 36.5. The highest BCUT2D eigenvalue weighted by atomic mass is 79.9. The summed E-state index contributed by atoms with van der Waals surface area (Å²) in [4.78, 5) is 38.6. The van der Waals surface area contributed by atoms with E-state index in [0.717, 1.165) is 9.37 Å². The predicted octanol–water partition coefficient (Wildman–Crippen LogP) is 4.55. The lowest BCUT2D eigenvalue weighted by Crippen LogP contribution is -2.54. The van der Waals surface area contributed by atoms with E-state index < -0.39 is 28.0 Å². The van der Waals surface area contributed by atoms with E-state index in [2.05, 4.69) is 21.2 Å². The minimum atomic E-state index is -4.19. The van der Waals surface area contributed by atoms with Crippen molar-refractivity contribution < 1.29 is 31.7 Å². The molecular formula is C24H16BrClN2O7S. The Hall–Kier alpha value is -3.67. The number of hydrogen-bond acceptors (Lipinski definition) is 7. The van der Waals surface area contributed by atoms with Crippen LogP contribution in [0.2, 0.25) is 5.02 Å². The summed E-state index contributed by atoms with van der Waals surface area (Å²) in [6.07, 6.45) is 1.26. The number of nitrogens with one attached hydrogen (secondary N) is 1.